The lowest BCUT2D eigenvalue weighted by Gasteiger charge is -2.18. The van der Waals surface area contributed by atoms with Crippen LogP contribution in [0.1, 0.15) is 25.5 Å². The molecular formula is C13H19ClN2O2. The monoisotopic (exact) mass is 270 g/mol. The summed E-state index contributed by atoms with van der Waals surface area (Å²) in [6, 6.07) is 6.32. The zero-order valence-electron chi connectivity index (χ0n) is 10.6. The van der Waals surface area contributed by atoms with Crippen molar-refractivity contribution in [1.29, 1.82) is 0 Å². The first-order valence-corrected chi connectivity index (χ1v) is 6.31. The van der Waals surface area contributed by atoms with Crippen molar-refractivity contribution in [3.63, 3.8) is 0 Å². The second kappa shape index (κ2) is 7.24. The highest BCUT2D eigenvalue weighted by Crippen LogP contribution is 2.16. The quantitative estimate of drug-likeness (QED) is 0.769. The van der Waals surface area contributed by atoms with E-state index in [0.717, 1.165) is 5.56 Å². The topological polar surface area (TPSA) is 61.4 Å². The summed E-state index contributed by atoms with van der Waals surface area (Å²) in [6.07, 6.45) is 0. The van der Waals surface area contributed by atoms with E-state index in [2.05, 4.69) is 10.6 Å². The maximum Gasteiger partial charge on any atom is 0.315 e. The van der Waals surface area contributed by atoms with Gasteiger partial charge in [0.25, 0.3) is 0 Å². The average molecular weight is 271 g/mol. The van der Waals surface area contributed by atoms with Gasteiger partial charge in [-0.3, -0.25) is 0 Å². The van der Waals surface area contributed by atoms with E-state index in [0.29, 0.717) is 17.5 Å². The highest BCUT2D eigenvalue weighted by molar-refractivity contribution is 6.30. The molecule has 0 saturated carbocycles. The zero-order valence-corrected chi connectivity index (χ0v) is 11.4. The highest BCUT2D eigenvalue weighted by atomic mass is 35.5. The van der Waals surface area contributed by atoms with Crippen LogP contribution < -0.4 is 10.6 Å². The van der Waals surface area contributed by atoms with Gasteiger partial charge in [-0.25, -0.2) is 4.79 Å². The largest absolute Gasteiger partial charge is 0.394 e. The van der Waals surface area contributed by atoms with Crippen LogP contribution in [0.5, 0.6) is 0 Å². The van der Waals surface area contributed by atoms with Crippen LogP contribution in [0, 0.1) is 5.92 Å². The maximum atomic E-state index is 11.6. The number of nitrogens with one attached hydrogen (secondary N) is 2. The van der Waals surface area contributed by atoms with E-state index in [1.807, 2.05) is 13.8 Å². The maximum absolute atomic E-state index is 11.6. The molecule has 3 N–H and O–H groups in total. The van der Waals surface area contributed by atoms with Crippen molar-refractivity contribution in [2.45, 2.75) is 19.9 Å². The van der Waals surface area contributed by atoms with E-state index in [-0.39, 0.29) is 12.6 Å². The molecule has 1 aromatic carbocycles. The van der Waals surface area contributed by atoms with E-state index in [1.165, 1.54) is 0 Å². The van der Waals surface area contributed by atoms with Crippen LogP contribution in [0.15, 0.2) is 24.3 Å². The minimum absolute atomic E-state index is 0.156. The molecule has 2 amide bonds. The molecule has 0 heterocycles. The van der Waals surface area contributed by atoms with Gasteiger partial charge < -0.3 is 15.7 Å². The molecule has 0 radical (unpaired) electrons. The smallest absolute Gasteiger partial charge is 0.315 e. The van der Waals surface area contributed by atoms with Crippen molar-refractivity contribution < 1.29 is 9.90 Å². The Morgan fingerprint density at radius 3 is 2.44 bits per heavy atom. The molecule has 0 aliphatic heterocycles. The SMILES string of the molecule is CC(C)CNC(=O)NC(CO)c1ccc(Cl)cc1. The van der Waals surface area contributed by atoms with Gasteiger partial charge in [0.15, 0.2) is 0 Å². The predicted molar refractivity (Wildman–Crippen MR) is 72.7 cm³/mol. The van der Waals surface area contributed by atoms with Crippen LogP contribution >= 0.6 is 11.6 Å². The van der Waals surface area contributed by atoms with Crippen LogP contribution in [0.25, 0.3) is 0 Å². The average Bonchev–Trinajstić information content (AvgIpc) is 2.34. The highest BCUT2D eigenvalue weighted by Gasteiger charge is 2.13. The van der Waals surface area contributed by atoms with Gasteiger partial charge in [0.05, 0.1) is 12.6 Å². The summed E-state index contributed by atoms with van der Waals surface area (Å²) < 4.78 is 0. The first-order valence-electron chi connectivity index (χ1n) is 5.93. The summed E-state index contributed by atoms with van der Waals surface area (Å²) in [5.41, 5.74) is 0.821. The van der Waals surface area contributed by atoms with Gasteiger partial charge in [-0.05, 0) is 23.6 Å². The molecule has 1 unspecified atom stereocenters. The van der Waals surface area contributed by atoms with E-state index < -0.39 is 6.04 Å². The van der Waals surface area contributed by atoms with Crippen LogP contribution in [0.2, 0.25) is 5.02 Å². The van der Waals surface area contributed by atoms with Crippen molar-refractivity contribution in [2.24, 2.45) is 5.92 Å². The molecule has 0 aliphatic rings. The normalized spacial score (nSPS) is 12.3. The van der Waals surface area contributed by atoms with Gasteiger partial charge in [-0.2, -0.15) is 0 Å². The van der Waals surface area contributed by atoms with E-state index >= 15 is 0 Å². The van der Waals surface area contributed by atoms with Crippen molar-refractivity contribution in [2.75, 3.05) is 13.2 Å². The number of carbonyl (C=O) groups is 1. The molecule has 0 fully saturated rings. The summed E-state index contributed by atoms with van der Waals surface area (Å²) in [5.74, 6) is 0.388. The first-order chi connectivity index (χ1) is 8.52. The number of rotatable bonds is 5. The number of halogens is 1. The molecule has 1 rings (SSSR count). The fraction of sp³-hybridized carbons (Fsp3) is 0.462. The fourth-order valence-corrected chi connectivity index (χ4v) is 1.56. The van der Waals surface area contributed by atoms with Gasteiger partial charge >= 0.3 is 6.03 Å². The third-order valence-electron chi connectivity index (χ3n) is 2.43. The fourth-order valence-electron chi connectivity index (χ4n) is 1.44. The Hall–Kier alpha value is -1.26. The summed E-state index contributed by atoms with van der Waals surface area (Å²) in [7, 11) is 0. The second-order valence-corrected chi connectivity index (χ2v) is 4.97. The minimum Gasteiger partial charge on any atom is -0.394 e. The van der Waals surface area contributed by atoms with E-state index in [1.54, 1.807) is 24.3 Å². The van der Waals surface area contributed by atoms with Crippen molar-refractivity contribution in [3.05, 3.63) is 34.9 Å². The Morgan fingerprint density at radius 2 is 1.94 bits per heavy atom. The van der Waals surface area contributed by atoms with Gasteiger partial charge in [0.1, 0.15) is 0 Å². The Morgan fingerprint density at radius 1 is 1.33 bits per heavy atom. The molecule has 0 aromatic heterocycles. The Labute approximate surface area is 112 Å². The lowest BCUT2D eigenvalue weighted by molar-refractivity contribution is 0.216. The molecule has 18 heavy (non-hydrogen) atoms. The Balaban J connectivity index is 2.56. The van der Waals surface area contributed by atoms with Gasteiger partial charge in [0.2, 0.25) is 0 Å². The second-order valence-electron chi connectivity index (χ2n) is 4.53. The molecule has 4 nitrogen and oxygen atoms in total. The van der Waals surface area contributed by atoms with Gasteiger partial charge in [0, 0.05) is 11.6 Å². The number of aliphatic hydroxyl groups excluding tert-OH is 1. The minimum atomic E-state index is -0.422. The molecule has 0 aliphatic carbocycles. The Bertz CT molecular complexity index is 379. The van der Waals surface area contributed by atoms with Crippen LogP contribution in [0.4, 0.5) is 4.79 Å². The zero-order chi connectivity index (χ0) is 13.5. The summed E-state index contributed by atoms with van der Waals surface area (Å²) in [6.45, 7) is 4.48. The van der Waals surface area contributed by atoms with Gasteiger partial charge in [-0.1, -0.05) is 37.6 Å². The number of benzene rings is 1. The molecule has 0 spiro atoms. The lowest BCUT2D eigenvalue weighted by atomic mass is 10.1. The summed E-state index contributed by atoms with van der Waals surface area (Å²) in [4.78, 5) is 11.6. The molecule has 0 saturated heterocycles. The molecule has 0 bridgehead atoms. The van der Waals surface area contributed by atoms with E-state index in [4.69, 9.17) is 11.6 Å². The number of carbonyl (C=O) groups excluding carboxylic acids is 1. The summed E-state index contributed by atoms with van der Waals surface area (Å²) in [5, 5.41) is 15.4. The lowest BCUT2D eigenvalue weighted by Crippen LogP contribution is -2.40. The number of aliphatic hydroxyl groups is 1. The first kappa shape index (κ1) is 14.8. The standard InChI is InChI=1S/C13H19ClN2O2/c1-9(2)7-15-13(18)16-12(8-17)10-3-5-11(14)6-4-10/h3-6,9,12,17H,7-8H2,1-2H3,(H2,15,16,18). The predicted octanol–water partition coefficient (Wildman–Crippen LogP) is 2.33. The van der Waals surface area contributed by atoms with Crippen molar-refractivity contribution in [3.8, 4) is 0 Å². The van der Waals surface area contributed by atoms with E-state index in [9.17, 15) is 9.90 Å². The van der Waals surface area contributed by atoms with Crippen LogP contribution in [0.3, 0.4) is 0 Å². The van der Waals surface area contributed by atoms with Gasteiger partial charge in [-0.15, -0.1) is 0 Å². The molecule has 100 valence electrons. The van der Waals surface area contributed by atoms with Crippen LogP contribution in [-0.4, -0.2) is 24.3 Å². The van der Waals surface area contributed by atoms with Crippen molar-refractivity contribution in [1.82, 2.24) is 10.6 Å². The number of amides is 2. The van der Waals surface area contributed by atoms with Crippen LogP contribution in [-0.2, 0) is 0 Å². The summed E-state index contributed by atoms with van der Waals surface area (Å²) >= 11 is 5.79. The molecular weight excluding hydrogens is 252 g/mol. The number of urea groups is 1. The Kier molecular flexibility index (Phi) is 5.95. The molecule has 5 heteroatoms. The number of hydrogen-bond acceptors (Lipinski definition) is 2. The molecule has 1 atom stereocenters. The third-order valence-corrected chi connectivity index (χ3v) is 2.68. The third kappa shape index (κ3) is 4.94. The molecule has 1 aromatic rings. The van der Waals surface area contributed by atoms with Crippen molar-refractivity contribution >= 4 is 17.6 Å². The number of hydrogen-bond donors (Lipinski definition) is 3.